The zero-order valence-electron chi connectivity index (χ0n) is 10.6. The number of alkyl halides is 1. The first-order valence-corrected chi connectivity index (χ1v) is 6.27. The van der Waals surface area contributed by atoms with E-state index in [0.29, 0.717) is 31.0 Å². The maximum atomic E-state index is 11.7. The van der Waals surface area contributed by atoms with Crippen LogP contribution < -0.4 is 4.74 Å². The number of amides is 1. The highest BCUT2D eigenvalue weighted by molar-refractivity contribution is 6.17. The van der Waals surface area contributed by atoms with Gasteiger partial charge in [-0.3, -0.25) is 4.79 Å². The van der Waals surface area contributed by atoms with Crippen molar-refractivity contribution in [2.75, 3.05) is 20.0 Å². The van der Waals surface area contributed by atoms with Gasteiger partial charge < -0.3 is 14.7 Å². The predicted molar refractivity (Wildman–Crippen MR) is 71.1 cm³/mol. The van der Waals surface area contributed by atoms with Crippen LogP contribution in [-0.2, 0) is 11.3 Å². The number of halogens is 1. The quantitative estimate of drug-likeness (QED) is 0.808. The molecule has 0 aliphatic rings. The predicted octanol–water partition coefficient (Wildman–Crippen LogP) is 2.38. The van der Waals surface area contributed by atoms with Crippen molar-refractivity contribution in [1.82, 2.24) is 4.90 Å². The van der Waals surface area contributed by atoms with Crippen molar-refractivity contribution < 1.29 is 14.6 Å². The molecule has 0 unspecified atom stereocenters. The molecular weight excluding hydrogens is 254 g/mol. The van der Waals surface area contributed by atoms with Gasteiger partial charge in [-0.2, -0.15) is 0 Å². The first kappa shape index (κ1) is 14.6. The SMILES string of the molecule is COc1ccc(CN(C)C(=O)CCCCl)cc1O. The largest absolute Gasteiger partial charge is 0.504 e. The van der Waals surface area contributed by atoms with Crippen LogP contribution in [0.25, 0.3) is 0 Å². The highest BCUT2D eigenvalue weighted by Crippen LogP contribution is 2.26. The van der Waals surface area contributed by atoms with Crippen LogP contribution in [0.1, 0.15) is 18.4 Å². The van der Waals surface area contributed by atoms with Crippen molar-refractivity contribution in [3.8, 4) is 11.5 Å². The third-order valence-corrected chi connectivity index (χ3v) is 2.88. The van der Waals surface area contributed by atoms with Gasteiger partial charge in [-0.05, 0) is 24.1 Å². The minimum Gasteiger partial charge on any atom is -0.504 e. The molecule has 1 N–H and O–H groups in total. The molecule has 0 saturated heterocycles. The molecule has 0 bridgehead atoms. The molecule has 1 rings (SSSR count). The number of hydrogen-bond acceptors (Lipinski definition) is 3. The fourth-order valence-corrected chi connectivity index (χ4v) is 1.74. The maximum absolute atomic E-state index is 11.7. The third-order valence-electron chi connectivity index (χ3n) is 2.61. The third kappa shape index (κ3) is 4.11. The summed E-state index contributed by atoms with van der Waals surface area (Å²) in [4.78, 5) is 13.3. The second-order valence-corrected chi connectivity index (χ2v) is 4.43. The number of methoxy groups -OCH3 is 1. The van der Waals surface area contributed by atoms with E-state index in [9.17, 15) is 9.90 Å². The number of rotatable bonds is 6. The molecule has 0 heterocycles. The van der Waals surface area contributed by atoms with E-state index in [1.165, 1.54) is 7.11 Å². The molecule has 0 fully saturated rings. The number of benzene rings is 1. The van der Waals surface area contributed by atoms with Crippen molar-refractivity contribution >= 4 is 17.5 Å². The zero-order chi connectivity index (χ0) is 13.5. The lowest BCUT2D eigenvalue weighted by Gasteiger charge is -2.17. The highest BCUT2D eigenvalue weighted by atomic mass is 35.5. The topological polar surface area (TPSA) is 49.8 Å². The molecule has 1 aromatic rings. The number of aromatic hydroxyl groups is 1. The van der Waals surface area contributed by atoms with Gasteiger partial charge in [0.2, 0.25) is 5.91 Å². The second kappa shape index (κ2) is 7.11. The smallest absolute Gasteiger partial charge is 0.222 e. The van der Waals surface area contributed by atoms with Crippen molar-refractivity contribution in [2.45, 2.75) is 19.4 Å². The summed E-state index contributed by atoms with van der Waals surface area (Å²) in [5, 5.41) is 9.64. The molecule has 5 heteroatoms. The normalized spacial score (nSPS) is 10.2. The van der Waals surface area contributed by atoms with Gasteiger partial charge in [0.1, 0.15) is 0 Å². The summed E-state index contributed by atoms with van der Waals surface area (Å²) in [6.07, 6.45) is 1.13. The van der Waals surface area contributed by atoms with Gasteiger partial charge in [0.05, 0.1) is 7.11 Å². The summed E-state index contributed by atoms with van der Waals surface area (Å²) in [5.74, 6) is 1.04. The van der Waals surface area contributed by atoms with Crippen molar-refractivity contribution in [3.05, 3.63) is 23.8 Å². The van der Waals surface area contributed by atoms with Gasteiger partial charge in [0.25, 0.3) is 0 Å². The molecule has 0 radical (unpaired) electrons. The van der Waals surface area contributed by atoms with Gasteiger partial charge in [-0.1, -0.05) is 6.07 Å². The molecule has 0 saturated carbocycles. The fraction of sp³-hybridized carbons (Fsp3) is 0.462. The number of hydrogen-bond donors (Lipinski definition) is 1. The van der Waals surface area contributed by atoms with Crippen LogP contribution in [0.2, 0.25) is 0 Å². The Kier molecular flexibility index (Phi) is 5.78. The average molecular weight is 272 g/mol. The molecule has 1 amide bonds. The van der Waals surface area contributed by atoms with Gasteiger partial charge >= 0.3 is 0 Å². The Morgan fingerprint density at radius 3 is 2.78 bits per heavy atom. The molecule has 100 valence electrons. The number of carbonyl (C=O) groups excluding carboxylic acids is 1. The van der Waals surface area contributed by atoms with E-state index in [-0.39, 0.29) is 11.7 Å². The van der Waals surface area contributed by atoms with E-state index < -0.39 is 0 Å². The number of phenolic OH excluding ortho intramolecular Hbond substituents is 1. The fourth-order valence-electron chi connectivity index (χ4n) is 1.60. The van der Waals surface area contributed by atoms with E-state index in [1.54, 1.807) is 24.1 Å². The van der Waals surface area contributed by atoms with Gasteiger partial charge in [0, 0.05) is 25.9 Å². The van der Waals surface area contributed by atoms with Gasteiger partial charge in [-0.15, -0.1) is 11.6 Å². The lowest BCUT2D eigenvalue weighted by molar-refractivity contribution is -0.130. The second-order valence-electron chi connectivity index (χ2n) is 4.05. The minimum absolute atomic E-state index is 0.0472. The molecule has 0 aliphatic carbocycles. The van der Waals surface area contributed by atoms with Crippen LogP contribution in [0.5, 0.6) is 11.5 Å². The summed E-state index contributed by atoms with van der Waals surface area (Å²) < 4.78 is 4.96. The first-order chi connectivity index (χ1) is 8.58. The number of ether oxygens (including phenoxy) is 1. The van der Waals surface area contributed by atoms with E-state index in [0.717, 1.165) is 5.56 Å². The highest BCUT2D eigenvalue weighted by Gasteiger charge is 2.10. The van der Waals surface area contributed by atoms with E-state index >= 15 is 0 Å². The molecule has 0 aliphatic heterocycles. The summed E-state index contributed by atoms with van der Waals surface area (Å²) in [6.45, 7) is 0.457. The Morgan fingerprint density at radius 2 is 2.22 bits per heavy atom. The summed E-state index contributed by atoms with van der Waals surface area (Å²) in [5.41, 5.74) is 0.857. The monoisotopic (exact) mass is 271 g/mol. The maximum Gasteiger partial charge on any atom is 0.222 e. The van der Waals surface area contributed by atoms with Crippen LogP contribution in [0, 0.1) is 0 Å². The van der Waals surface area contributed by atoms with E-state index in [4.69, 9.17) is 16.3 Å². The Bertz CT molecular complexity index is 409. The van der Waals surface area contributed by atoms with Crippen LogP contribution in [0.3, 0.4) is 0 Å². The van der Waals surface area contributed by atoms with Gasteiger partial charge in [0.15, 0.2) is 11.5 Å². The Labute approximate surface area is 112 Å². The van der Waals surface area contributed by atoms with Crippen molar-refractivity contribution in [3.63, 3.8) is 0 Å². The van der Waals surface area contributed by atoms with Gasteiger partial charge in [-0.25, -0.2) is 0 Å². The standard InChI is InChI=1S/C13H18ClNO3/c1-15(13(17)4-3-7-14)9-10-5-6-12(18-2)11(16)8-10/h5-6,8,16H,3-4,7,9H2,1-2H3. The Balaban J connectivity index is 2.61. The number of phenols is 1. The zero-order valence-corrected chi connectivity index (χ0v) is 11.4. The van der Waals surface area contributed by atoms with Crippen LogP contribution in [0.15, 0.2) is 18.2 Å². The van der Waals surface area contributed by atoms with Crippen molar-refractivity contribution in [1.29, 1.82) is 0 Å². The van der Waals surface area contributed by atoms with Crippen LogP contribution >= 0.6 is 11.6 Å². The summed E-state index contributed by atoms with van der Waals surface area (Å²) >= 11 is 5.55. The summed E-state index contributed by atoms with van der Waals surface area (Å²) in [6, 6.07) is 5.11. The number of carbonyl (C=O) groups is 1. The lowest BCUT2D eigenvalue weighted by Crippen LogP contribution is -2.25. The molecule has 0 spiro atoms. The number of nitrogens with zero attached hydrogens (tertiary/aromatic N) is 1. The molecule has 0 aromatic heterocycles. The van der Waals surface area contributed by atoms with Crippen LogP contribution in [-0.4, -0.2) is 36.0 Å². The molecule has 18 heavy (non-hydrogen) atoms. The molecule has 1 aromatic carbocycles. The van der Waals surface area contributed by atoms with Crippen molar-refractivity contribution in [2.24, 2.45) is 0 Å². The summed E-state index contributed by atoms with van der Waals surface area (Å²) in [7, 11) is 3.23. The van der Waals surface area contributed by atoms with E-state index in [2.05, 4.69) is 0 Å². The van der Waals surface area contributed by atoms with Crippen LogP contribution in [0.4, 0.5) is 0 Å². The lowest BCUT2D eigenvalue weighted by atomic mass is 10.2. The molecule has 4 nitrogen and oxygen atoms in total. The Hall–Kier alpha value is -1.42. The average Bonchev–Trinajstić information content (AvgIpc) is 2.36. The Morgan fingerprint density at radius 1 is 1.50 bits per heavy atom. The molecular formula is C13H18ClNO3. The van der Waals surface area contributed by atoms with E-state index in [1.807, 2.05) is 6.07 Å². The minimum atomic E-state index is 0.0472. The first-order valence-electron chi connectivity index (χ1n) is 5.74. The molecule has 0 atom stereocenters.